The molecule has 0 aromatic heterocycles. The SMILES string of the molecule is CCCC1CCC(c2ccc(C3CCC(CC(C)c4ccccc4)CC3)cc2)CC1. The van der Waals surface area contributed by atoms with E-state index in [-0.39, 0.29) is 0 Å². The summed E-state index contributed by atoms with van der Waals surface area (Å²) in [6, 6.07) is 21.0. The van der Waals surface area contributed by atoms with Crippen molar-refractivity contribution in [2.45, 2.75) is 102 Å². The third kappa shape index (κ3) is 5.57. The van der Waals surface area contributed by atoms with Crippen LogP contribution < -0.4 is 0 Å². The molecule has 2 saturated carbocycles. The van der Waals surface area contributed by atoms with Crippen molar-refractivity contribution in [1.29, 1.82) is 0 Å². The van der Waals surface area contributed by atoms with Gasteiger partial charge in [-0.1, -0.05) is 81.3 Å². The summed E-state index contributed by atoms with van der Waals surface area (Å²) < 4.78 is 0. The van der Waals surface area contributed by atoms with Gasteiger partial charge < -0.3 is 0 Å². The molecule has 0 amide bonds. The second-order valence-corrected chi connectivity index (χ2v) is 10.4. The lowest BCUT2D eigenvalue weighted by molar-refractivity contribution is 0.297. The molecule has 4 rings (SSSR count). The highest BCUT2D eigenvalue weighted by molar-refractivity contribution is 5.28. The molecule has 1 atom stereocenters. The highest BCUT2D eigenvalue weighted by Crippen LogP contribution is 2.41. The normalized spacial score (nSPS) is 28.2. The van der Waals surface area contributed by atoms with Crippen LogP contribution in [0.1, 0.15) is 119 Å². The van der Waals surface area contributed by atoms with Crippen LogP contribution in [-0.4, -0.2) is 0 Å². The summed E-state index contributed by atoms with van der Waals surface area (Å²) in [6.07, 6.45) is 15.5. The van der Waals surface area contributed by atoms with Crippen LogP contribution in [0.2, 0.25) is 0 Å². The van der Waals surface area contributed by atoms with Crippen LogP contribution in [0.25, 0.3) is 0 Å². The largest absolute Gasteiger partial charge is 0.0654 e. The van der Waals surface area contributed by atoms with Crippen molar-refractivity contribution in [3.8, 4) is 0 Å². The van der Waals surface area contributed by atoms with Crippen molar-refractivity contribution in [1.82, 2.24) is 0 Å². The van der Waals surface area contributed by atoms with E-state index in [1.807, 2.05) is 0 Å². The van der Waals surface area contributed by atoms with Crippen molar-refractivity contribution in [3.63, 3.8) is 0 Å². The minimum Gasteiger partial charge on any atom is -0.0654 e. The van der Waals surface area contributed by atoms with Gasteiger partial charge in [0.25, 0.3) is 0 Å². The maximum atomic E-state index is 2.48. The lowest BCUT2D eigenvalue weighted by Crippen LogP contribution is -2.16. The van der Waals surface area contributed by atoms with Crippen LogP contribution >= 0.6 is 0 Å². The second-order valence-electron chi connectivity index (χ2n) is 10.4. The molecule has 0 heteroatoms. The molecule has 0 spiro atoms. The maximum Gasteiger partial charge on any atom is -0.0162 e. The van der Waals surface area contributed by atoms with Gasteiger partial charge >= 0.3 is 0 Å². The first-order valence-electron chi connectivity index (χ1n) is 12.9. The Hall–Kier alpha value is -1.56. The van der Waals surface area contributed by atoms with Gasteiger partial charge in [-0.2, -0.15) is 0 Å². The molecule has 0 bridgehead atoms. The fourth-order valence-corrected chi connectivity index (χ4v) is 6.38. The van der Waals surface area contributed by atoms with Crippen molar-refractivity contribution in [2.75, 3.05) is 0 Å². The van der Waals surface area contributed by atoms with Gasteiger partial charge in [-0.25, -0.2) is 0 Å². The molecule has 30 heavy (non-hydrogen) atoms. The van der Waals surface area contributed by atoms with Crippen molar-refractivity contribution >= 4 is 0 Å². The van der Waals surface area contributed by atoms with Crippen molar-refractivity contribution < 1.29 is 0 Å². The lowest BCUT2D eigenvalue weighted by atomic mass is 9.74. The molecule has 2 aliphatic carbocycles. The van der Waals surface area contributed by atoms with Gasteiger partial charge in [0.1, 0.15) is 0 Å². The first-order chi connectivity index (χ1) is 14.7. The van der Waals surface area contributed by atoms with Crippen LogP contribution in [0.15, 0.2) is 54.6 Å². The number of benzene rings is 2. The molecule has 2 aromatic carbocycles. The molecule has 0 aliphatic heterocycles. The fourth-order valence-electron chi connectivity index (χ4n) is 6.38. The predicted octanol–water partition coefficient (Wildman–Crippen LogP) is 9.23. The van der Waals surface area contributed by atoms with E-state index < -0.39 is 0 Å². The third-order valence-electron chi connectivity index (χ3n) is 8.33. The molecule has 0 N–H and O–H groups in total. The molecule has 2 aromatic rings. The number of hydrogen-bond donors (Lipinski definition) is 0. The smallest absolute Gasteiger partial charge is 0.0162 e. The molecule has 0 saturated heterocycles. The average Bonchev–Trinajstić information content (AvgIpc) is 2.81. The highest BCUT2D eigenvalue weighted by Gasteiger charge is 2.25. The molecular weight excluding hydrogens is 360 g/mol. The van der Waals surface area contributed by atoms with Crippen LogP contribution in [0.5, 0.6) is 0 Å². The lowest BCUT2D eigenvalue weighted by Gasteiger charge is -2.31. The Morgan fingerprint density at radius 1 is 0.667 bits per heavy atom. The molecular formula is C30H42. The maximum absolute atomic E-state index is 2.48. The quantitative estimate of drug-likeness (QED) is 0.433. The van der Waals surface area contributed by atoms with Gasteiger partial charge in [0, 0.05) is 0 Å². The van der Waals surface area contributed by atoms with Gasteiger partial charge in [-0.3, -0.25) is 0 Å². The predicted molar refractivity (Wildman–Crippen MR) is 130 cm³/mol. The summed E-state index contributed by atoms with van der Waals surface area (Å²) in [5, 5.41) is 0. The Labute approximate surface area is 185 Å². The Balaban J connectivity index is 1.25. The number of hydrogen-bond acceptors (Lipinski definition) is 0. The monoisotopic (exact) mass is 402 g/mol. The van der Waals surface area contributed by atoms with E-state index in [0.717, 1.165) is 23.7 Å². The number of rotatable bonds is 7. The highest BCUT2D eigenvalue weighted by atomic mass is 14.3. The van der Waals surface area contributed by atoms with Gasteiger partial charge in [0.05, 0.1) is 0 Å². The van der Waals surface area contributed by atoms with E-state index in [0.29, 0.717) is 5.92 Å². The minimum absolute atomic E-state index is 0.694. The van der Waals surface area contributed by atoms with Crippen LogP contribution in [-0.2, 0) is 0 Å². The van der Waals surface area contributed by atoms with Crippen LogP contribution in [0.4, 0.5) is 0 Å². The topological polar surface area (TPSA) is 0 Å². The minimum atomic E-state index is 0.694. The van der Waals surface area contributed by atoms with Crippen molar-refractivity contribution in [2.24, 2.45) is 11.8 Å². The zero-order valence-electron chi connectivity index (χ0n) is 19.4. The zero-order chi connectivity index (χ0) is 20.8. The Kier molecular flexibility index (Phi) is 7.69. The van der Waals surface area contributed by atoms with E-state index in [1.54, 1.807) is 11.1 Å². The molecule has 2 fully saturated rings. The third-order valence-corrected chi connectivity index (χ3v) is 8.33. The Morgan fingerprint density at radius 2 is 1.17 bits per heavy atom. The zero-order valence-corrected chi connectivity index (χ0v) is 19.4. The molecule has 0 radical (unpaired) electrons. The molecule has 2 aliphatic rings. The van der Waals surface area contributed by atoms with E-state index in [1.165, 1.54) is 76.2 Å². The Morgan fingerprint density at radius 3 is 1.67 bits per heavy atom. The molecule has 0 heterocycles. The summed E-state index contributed by atoms with van der Waals surface area (Å²) in [6.45, 7) is 4.75. The molecule has 162 valence electrons. The van der Waals surface area contributed by atoms with E-state index >= 15 is 0 Å². The van der Waals surface area contributed by atoms with Crippen molar-refractivity contribution in [3.05, 3.63) is 71.3 Å². The van der Waals surface area contributed by atoms with Gasteiger partial charge in [-0.15, -0.1) is 0 Å². The standard InChI is InChI=1S/C30H42/c1-3-7-24-10-14-27(15-11-24)29-18-20-30(21-19-29)28-16-12-25(13-17-28)22-23(2)26-8-5-4-6-9-26/h4-6,8-9,18-21,23-25,27-28H,3,7,10-17,22H2,1-2H3. The van der Waals surface area contributed by atoms with Gasteiger partial charge in [0.2, 0.25) is 0 Å². The summed E-state index contributed by atoms with van der Waals surface area (Å²) in [5.74, 6) is 4.23. The summed E-state index contributed by atoms with van der Waals surface area (Å²) in [5.41, 5.74) is 4.73. The summed E-state index contributed by atoms with van der Waals surface area (Å²) in [4.78, 5) is 0. The van der Waals surface area contributed by atoms with E-state index in [4.69, 9.17) is 0 Å². The van der Waals surface area contributed by atoms with E-state index in [9.17, 15) is 0 Å². The fraction of sp³-hybridized carbons (Fsp3) is 0.600. The summed E-state index contributed by atoms with van der Waals surface area (Å²) in [7, 11) is 0. The van der Waals surface area contributed by atoms with Crippen LogP contribution in [0, 0.1) is 11.8 Å². The van der Waals surface area contributed by atoms with E-state index in [2.05, 4.69) is 68.4 Å². The molecule has 1 unspecified atom stereocenters. The molecule has 0 nitrogen and oxygen atoms in total. The van der Waals surface area contributed by atoms with Gasteiger partial charge in [-0.05, 0) is 104 Å². The van der Waals surface area contributed by atoms with Crippen LogP contribution in [0.3, 0.4) is 0 Å². The average molecular weight is 403 g/mol. The second kappa shape index (κ2) is 10.7. The first-order valence-corrected chi connectivity index (χ1v) is 12.9. The summed E-state index contributed by atoms with van der Waals surface area (Å²) >= 11 is 0. The van der Waals surface area contributed by atoms with Gasteiger partial charge in [0.15, 0.2) is 0 Å². The first kappa shape index (κ1) is 21.7. The Bertz CT molecular complexity index is 727.